The molecule has 1 saturated carbocycles. The van der Waals surface area contributed by atoms with E-state index in [1.54, 1.807) is 6.92 Å². The van der Waals surface area contributed by atoms with Gasteiger partial charge in [-0.15, -0.1) is 0 Å². The van der Waals surface area contributed by atoms with Crippen molar-refractivity contribution < 1.29 is 19.8 Å². The van der Waals surface area contributed by atoms with E-state index in [1.807, 2.05) is 19.1 Å². The first-order chi connectivity index (χ1) is 12.3. The number of Topliss-reactive ketones (excluding diaryl/α,β-unsaturated/α-hetero) is 2. The summed E-state index contributed by atoms with van der Waals surface area (Å²) < 4.78 is 0. The van der Waals surface area contributed by atoms with Gasteiger partial charge in [0.15, 0.2) is 0 Å². The van der Waals surface area contributed by atoms with Gasteiger partial charge in [-0.05, 0) is 39.5 Å². The Morgan fingerprint density at radius 1 is 1.23 bits per heavy atom. The summed E-state index contributed by atoms with van der Waals surface area (Å²) in [6.45, 7) is 5.58. The van der Waals surface area contributed by atoms with E-state index in [0.29, 0.717) is 12.8 Å². The first kappa shape index (κ1) is 23.0. The van der Waals surface area contributed by atoms with Crippen LogP contribution in [0.3, 0.4) is 0 Å². The van der Waals surface area contributed by atoms with Gasteiger partial charge in [-0.1, -0.05) is 51.2 Å². The molecule has 1 unspecified atom stereocenters. The van der Waals surface area contributed by atoms with E-state index in [1.165, 1.54) is 0 Å². The lowest BCUT2D eigenvalue weighted by atomic mass is 9.87. The Morgan fingerprint density at radius 3 is 2.58 bits per heavy atom. The summed E-state index contributed by atoms with van der Waals surface area (Å²) in [4.78, 5) is 23.2. The average molecular weight is 367 g/mol. The molecule has 2 N–H and O–H groups in total. The van der Waals surface area contributed by atoms with Crippen molar-refractivity contribution in [2.24, 2.45) is 11.8 Å². The molecule has 0 bridgehead atoms. The molecule has 0 radical (unpaired) electrons. The van der Waals surface area contributed by atoms with E-state index in [0.717, 1.165) is 51.4 Å². The van der Waals surface area contributed by atoms with Crippen LogP contribution in [-0.2, 0) is 9.59 Å². The minimum Gasteiger partial charge on any atom is -0.392 e. The zero-order chi connectivity index (χ0) is 19.6. The number of hydrogen-bond acceptors (Lipinski definition) is 4. The number of rotatable bonds is 13. The number of ketones is 2. The lowest BCUT2D eigenvalue weighted by Gasteiger charge is -2.22. The fourth-order valence-electron chi connectivity index (χ4n) is 3.82. The molecule has 0 spiro atoms. The van der Waals surface area contributed by atoms with Gasteiger partial charge >= 0.3 is 0 Å². The van der Waals surface area contributed by atoms with Crippen molar-refractivity contribution >= 4 is 11.6 Å². The molecule has 4 heteroatoms. The molecular weight excluding hydrogens is 328 g/mol. The van der Waals surface area contributed by atoms with Crippen molar-refractivity contribution in [3.8, 4) is 0 Å². The summed E-state index contributed by atoms with van der Waals surface area (Å²) in [5, 5.41) is 20.6. The average Bonchev–Trinajstić information content (AvgIpc) is 2.82. The maximum Gasteiger partial charge on any atom is 0.139 e. The highest BCUT2D eigenvalue weighted by Crippen LogP contribution is 2.34. The minimum absolute atomic E-state index is 0.102. The predicted molar refractivity (Wildman–Crippen MR) is 105 cm³/mol. The van der Waals surface area contributed by atoms with Crippen molar-refractivity contribution in [1.82, 2.24) is 0 Å². The van der Waals surface area contributed by atoms with Crippen LogP contribution in [0.15, 0.2) is 12.2 Å². The van der Waals surface area contributed by atoms with Gasteiger partial charge in [0.2, 0.25) is 0 Å². The second kappa shape index (κ2) is 11.7. The molecule has 0 aromatic rings. The van der Waals surface area contributed by atoms with Crippen molar-refractivity contribution in [1.29, 1.82) is 0 Å². The van der Waals surface area contributed by atoms with Gasteiger partial charge in [-0.2, -0.15) is 0 Å². The van der Waals surface area contributed by atoms with E-state index in [4.69, 9.17) is 0 Å². The lowest BCUT2D eigenvalue weighted by molar-refractivity contribution is -0.121. The number of hydrogen-bond donors (Lipinski definition) is 2. The number of aliphatic hydroxyl groups is 2. The Bertz CT molecular complexity index is 467. The third-order valence-corrected chi connectivity index (χ3v) is 5.51. The monoisotopic (exact) mass is 366 g/mol. The highest BCUT2D eigenvalue weighted by Gasteiger charge is 2.39. The highest BCUT2D eigenvalue weighted by molar-refractivity contribution is 5.84. The van der Waals surface area contributed by atoms with Crippen LogP contribution in [-0.4, -0.2) is 33.5 Å². The van der Waals surface area contributed by atoms with Gasteiger partial charge in [0.05, 0.1) is 11.7 Å². The van der Waals surface area contributed by atoms with Gasteiger partial charge in [0.25, 0.3) is 0 Å². The molecule has 26 heavy (non-hydrogen) atoms. The molecule has 0 aromatic heterocycles. The van der Waals surface area contributed by atoms with E-state index in [9.17, 15) is 19.8 Å². The standard InChI is InChI=1S/C22H38O4/c1-4-5-14-22(3,26)15-10-13-19-18(20(24)16-21(19)25)12-9-7-6-8-11-17(2)23/h10,13,18-19,21,25-26H,4-9,11-12,14-16H2,1-3H3/t18-,19-,21-,22?/m1/s1. The molecule has 1 rings (SSSR count). The largest absolute Gasteiger partial charge is 0.392 e. The van der Waals surface area contributed by atoms with E-state index in [-0.39, 0.29) is 29.8 Å². The number of unbranched alkanes of at least 4 members (excludes halogenated alkanes) is 4. The van der Waals surface area contributed by atoms with E-state index < -0.39 is 11.7 Å². The third-order valence-electron chi connectivity index (χ3n) is 5.51. The molecule has 150 valence electrons. The molecule has 0 heterocycles. The molecule has 4 atom stereocenters. The van der Waals surface area contributed by atoms with Gasteiger partial charge in [-0.3, -0.25) is 4.79 Å². The maximum absolute atomic E-state index is 12.2. The Labute approximate surface area is 159 Å². The zero-order valence-corrected chi connectivity index (χ0v) is 16.9. The molecule has 0 aromatic carbocycles. The van der Waals surface area contributed by atoms with Gasteiger partial charge in [-0.25, -0.2) is 0 Å². The summed E-state index contributed by atoms with van der Waals surface area (Å²) in [5.74, 6) is 0.170. The van der Waals surface area contributed by atoms with Crippen LogP contribution in [0.25, 0.3) is 0 Å². The van der Waals surface area contributed by atoms with Crippen molar-refractivity contribution in [3.05, 3.63) is 12.2 Å². The van der Waals surface area contributed by atoms with Crippen molar-refractivity contribution in [2.75, 3.05) is 0 Å². The molecule has 0 saturated heterocycles. The second-order valence-electron chi connectivity index (χ2n) is 8.31. The van der Waals surface area contributed by atoms with Crippen LogP contribution in [0.1, 0.15) is 91.4 Å². The molecule has 0 amide bonds. The topological polar surface area (TPSA) is 74.6 Å². The van der Waals surface area contributed by atoms with Crippen molar-refractivity contribution in [3.63, 3.8) is 0 Å². The molecule has 1 aliphatic rings. The van der Waals surface area contributed by atoms with Crippen LogP contribution < -0.4 is 0 Å². The van der Waals surface area contributed by atoms with Gasteiger partial charge in [0.1, 0.15) is 11.6 Å². The normalized spacial score (nSPS) is 25.7. The molecule has 4 nitrogen and oxygen atoms in total. The van der Waals surface area contributed by atoms with Crippen LogP contribution in [0.2, 0.25) is 0 Å². The quantitative estimate of drug-likeness (QED) is 0.375. The second-order valence-corrected chi connectivity index (χ2v) is 8.31. The van der Waals surface area contributed by atoms with Crippen molar-refractivity contribution in [2.45, 2.75) is 103 Å². The predicted octanol–water partition coefficient (Wildman–Crippen LogP) is 4.37. The van der Waals surface area contributed by atoms with Crippen LogP contribution in [0.4, 0.5) is 0 Å². The summed E-state index contributed by atoms with van der Waals surface area (Å²) in [6.07, 6.45) is 12.3. The zero-order valence-electron chi connectivity index (χ0n) is 16.9. The molecular formula is C22H38O4. The minimum atomic E-state index is -0.716. The van der Waals surface area contributed by atoms with E-state index >= 15 is 0 Å². The molecule has 1 fully saturated rings. The Kier molecular flexibility index (Phi) is 10.3. The third kappa shape index (κ3) is 8.59. The van der Waals surface area contributed by atoms with Crippen LogP contribution in [0, 0.1) is 11.8 Å². The smallest absolute Gasteiger partial charge is 0.139 e. The Morgan fingerprint density at radius 2 is 1.92 bits per heavy atom. The summed E-state index contributed by atoms with van der Waals surface area (Å²) >= 11 is 0. The molecule has 0 aliphatic heterocycles. The lowest BCUT2D eigenvalue weighted by Crippen LogP contribution is -2.23. The number of carbonyl (C=O) groups is 2. The Hall–Kier alpha value is -1.00. The summed E-state index contributed by atoms with van der Waals surface area (Å²) in [7, 11) is 0. The van der Waals surface area contributed by atoms with Gasteiger partial charge < -0.3 is 15.0 Å². The first-order valence-electron chi connectivity index (χ1n) is 10.4. The van der Waals surface area contributed by atoms with E-state index in [2.05, 4.69) is 6.92 Å². The Balaban J connectivity index is 2.44. The SMILES string of the molecule is CCCCC(C)(O)CC=C[C@H]1[C@H](O)CC(=O)[C@@H]1CCCCCCC(C)=O. The fourth-order valence-corrected chi connectivity index (χ4v) is 3.82. The van der Waals surface area contributed by atoms with Crippen LogP contribution in [0.5, 0.6) is 0 Å². The number of aliphatic hydroxyl groups excluding tert-OH is 1. The summed E-state index contributed by atoms with van der Waals surface area (Å²) in [5.41, 5.74) is -0.716. The van der Waals surface area contributed by atoms with Crippen LogP contribution >= 0.6 is 0 Å². The fraction of sp³-hybridized carbons (Fsp3) is 0.818. The number of carbonyl (C=O) groups excluding carboxylic acids is 2. The summed E-state index contributed by atoms with van der Waals surface area (Å²) in [6, 6.07) is 0. The van der Waals surface area contributed by atoms with Gasteiger partial charge in [0, 0.05) is 24.7 Å². The maximum atomic E-state index is 12.2. The first-order valence-corrected chi connectivity index (χ1v) is 10.4. The highest BCUT2D eigenvalue weighted by atomic mass is 16.3. The molecule has 1 aliphatic carbocycles.